The summed E-state index contributed by atoms with van der Waals surface area (Å²) in [5.41, 5.74) is 8.82. The third kappa shape index (κ3) is 3.35. The summed E-state index contributed by atoms with van der Waals surface area (Å²) in [7, 11) is 0. The molecule has 0 atom stereocenters. The molecule has 2 aromatic carbocycles. The van der Waals surface area contributed by atoms with Gasteiger partial charge >= 0.3 is 0 Å². The van der Waals surface area contributed by atoms with E-state index < -0.39 is 0 Å². The molecular formula is C17H15ClF2N2. The van der Waals surface area contributed by atoms with Crippen molar-refractivity contribution >= 4 is 12.4 Å². The van der Waals surface area contributed by atoms with Crippen molar-refractivity contribution in [2.45, 2.75) is 6.54 Å². The number of rotatable bonds is 3. The Balaban J connectivity index is 0.00000176. The van der Waals surface area contributed by atoms with Crippen molar-refractivity contribution < 1.29 is 8.78 Å². The normalized spacial score (nSPS) is 10.3. The van der Waals surface area contributed by atoms with Crippen LogP contribution in [0.5, 0.6) is 0 Å². The van der Waals surface area contributed by atoms with Crippen molar-refractivity contribution in [1.29, 1.82) is 0 Å². The molecular weight excluding hydrogens is 306 g/mol. The molecule has 0 amide bonds. The van der Waals surface area contributed by atoms with Gasteiger partial charge in [0.1, 0.15) is 11.6 Å². The van der Waals surface area contributed by atoms with Crippen molar-refractivity contribution in [3.63, 3.8) is 0 Å². The Morgan fingerprint density at radius 3 is 2.27 bits per heavy atom. The highest BCUT2D eigenvalue weighted by Gasteiger charge is 2.05. The Labute approximate surface area is 133 Å². The molecule has 2 N–H and O–H groups in total. The Morgan fingerprint density at radius 1 is 0.864 bits per heavy atom. The largest absolute Gasteiger partial charge is 0.326 e. The number of halogens is 3. The van der Waals surface area contributed by atoms with Crippen LogP contribution in [-0.2, 0) is 6.54 Å². The van der Waals surface area contributed by atoms with Crippen LogP contribution in [0, 0.1) is 11.6 Å². The minimum absolute atomic E-state index is 0. The van der Waals surface area contributed by atoms with Crippen molar-refractivity contribution in [3.05, 3.63) is 78.1 Å². The van der Waals surface area contributed by atoms with E-state index in [1.54, 1.807) is 12.1 Å². The molecule has 0 unspecified atom stereocenters. The van der Waals surface area contributed by atoms with Gasteiger partial charge in [0.15, 0.2) is 0 Å². The predicted molar refractivity (Wildman–Crippen MR) is 86.3 cm³/mol. The Bertz CT molecular complexity index is 767. The lowest BCUT2D eigenvalue weighted by molar-refractivity contribution is 0.626. The quantitative estimate of drug-likeness (QED) is 0.766. The molecule has 3 aromatic rings. The molecule has 1 aromatic heterocycles. The van der Waals surface area contributed by atoms with Crippen molar-refractivity contribution in [3.8, 4) is 16.8 Å². The lowest BCUT2D eigenvalue weighted by atomic mass is 10.1. The van der Waals surface area contributed by atoms with E-state index in [1.807, 2.05) is 29.1 Å². The highest BCUT2D eigenvalue weighted by atomic mass is 35.5. The monoisotopic (exact) mass is 320 g/mol. The Kier molecular flexibility index (Phi) is 4.96. The van der Waals surface area contributed by atoms with E-state index in [9.17, 15) is 8.78 Å². The lowest BCUT2D eigenvalue weighted by Crippen LogP contribution is -1.97. The van der Waals surface area contributed by atoms with Gasteiger partial charge in [-0.1, -0.05) is 0 Å². The van der Waals surface area contributed by atoms with Crippen LogP contribution in [0.1, 0.15) is 5.56 Å². The molecule has 1 heterocycles. The number of hydrogen-bond donors (Lipinski definition) is 1. The second-order valence-electron chi connectivity index (χ2n) is 4.84. The zero-order valence-electron chi connectivity index (χ0n) is 11.7. The third-order valence-electron chi connectivity index (χ3n) is 3.34. The van der Waals surface area contributed by atoms with E-state index in [0.717, 1.165) is 22.4 Å². The Hall–Kier alpha value is -2.17. The van der Waals surface area contributed by atoms with Gasteiger partial charge in [0.25, 0.3) is 0 Å². The molecule has 22 heavy (non-hydrogen) atoms. The van der Waals surface area contributed by atoms with Crippen molar-refractivity contribution in [2.24, 2.45) is 5.73 Å². The van der Waals surface area contributed by atoms with Crippen LogP contribution in [0.4, 0.5) is 8.78 Å². The molecule has 114 valence electrons. The standard InChI is InChI=1S/C17H14F2N2.ClH/c18-15-1-3-17(4-2-15)21-6-5-13(11-21)14-7-12(10-20)8-16(19)9-14;/h1-9,11H,10,20H2;1H. The van der Waals surface area contributed by atoms with Crippen molar-refractivity contribution in [2.75, 3.05) is 0 Å². The van der Waals surface area contributed by atoms with E-state index >= 15 is 0 Å². The first-order valence-corrected chi connectivity index (χ1v) is 6.59. The van der Waals surface area contributed by atoms with E-state index in [4.69, 9.17) is 5.73 Å². The fourth-order valence-corrected chi connectivity index (χ4v) is 2.28. The summed E-state index contributed by atoms with van der Waals surface area (Å²) in [4.78, 5) is 0. The van der Waals surface area contributed by atoms with Gasteiger partial charge < -0.3 is 10.3 Å². The highest BCUT2D eigenvalue weighted by Crippen LogP contribution is 2.24. The minimum atomic E-state index is -0.303. The van der Waals surface area contributed by atoms with Crippen molar-refractivity contribution in [1.82, 2.24) is 4.57 Å². The number of aromatic nitrogens is 1. The minimum Gasteiger partial charge on any atom is -0.326 e. The van der Waals surface area contributed by atoms with Gasteiger partial charge in [-0.25, -0.2) is 8.78 Å². The molecule has 2 nitrogen and oxygen atoms in total. The SMILES string of the molecule is Cl.NCc1cc(F)cc(-c2ccn(-c3ccc(F)cc3)c2)c1. The average Bonchev–Trinajstić information content (AvgIpc) is 2.97. The van der Waals surface area contributed by atoms with E-state index in [0.29, 0.717) is 6.54 Å². The maximum atomic E-state index is 13.6. The maximum absolute atomic E-state index is 13.6. The van der Waals surface area contributed by atoms with Gasteiger partial charge in [0, 0.05) is 24.6 Å². The molecule has 0 aliphatic rings. The van der Waals surface area contributed by atoms with Crippen LogP contribution in [0.3, 0.4) is 0 Å². The topological polar surface area (TPSA) is 30.9 Å². The maximum Gasteiger partial charge on any atom is 0.124 e. The van der Waals surface area contributed by atoms with Crippen LogP contribution in [0.2, 0.25) is 0 Å². The molecule has 0 saturated carbocycles. The molecule has 0 saturated heterocycles. The number of nitrogens with zero attached hydrogens (tertiary/aromatic N) is 1. The van der Waals surface area contributed by atoms with Crippen LogP contribution >= 0.6 is 12.4 Å². The summed E-state index contributed by atoms with van der Waals surface area (Å²) in [5.74, 6) is -0.577. The average molecular weight is 321 g/mol. The first kappa shape index (κ1) is 16.2. The Morgan fingerprint density at radius 2 is 1.59 bits per heavy atom. The molecule has 0 fully saturated rings. The summed E-state index contributed by atoms with van der Waals surface area (Å²) >= 11 is 0. The molecule has 0 aliphatic heterocycles. The first-order chi connectivity index (χ1) is 10.2. The van der Waals surface area contributed by atoms with Gasteiger partial charge in [0.05, 0.1) is 0 Å². The number of hydrogen-bond acceptors (Lipinski definition) is 1. The van der Waals surface area contributed by atoms with Crippen LogP contribution in [-0.4, -0.2) is 4.57 Å². The molecule has 5 heteroatoms. The van der Waals surface area contributed by atoms with Gasteiger partial charge in [0.2, 0.25) is 0 Å². The summed E-state index contributed by atoms with van der Waals surface area (Å²) < 4.78 is 28.4. The molecule has 0 bridgehead atoms. The van der Waals surface area contributed by atoms with E-state index in [2.05, 4.69) is 0 Å². The van der Waals surface area contributed by atoms with E-state index in [1.165, 1.54) is 24.3 Å². The highest BCUT2D eigenvalue weighted by molar-refractivity contribution is 5.85. The second-order valence-corrected chi connectivity index (χ2v) is 4.84. The summed E-state index contributed by atoms with van der Waals surface area (Å²) in [6, 6.07) is 12.9. The third-order valence-corrected chi connectivity index (χ3v) is 3.34. The molecule has 0 radical (unpaired) electrons. The zero-order chi connectivity index (χ0) is 14.8. The molecule has 0 spiro atoms. The summed E-state index contributed by atoms with van der Waals surface area (Å²) in [6.45, 7) is 0.295. The van der Waals surface area contributed by atoms with Gasteiger partial charge in [-0.05, 0) is 65.2 Å². The molecule has 3 rings (SSSR count). The predicted octanol–water partition coefficient (Wildman–Crippen LogP) is 4.30. The zero-order valence-corrected chi connectivity index (χ0v) is 12.5. The van der Waals surface area contributed by atoms with E-state index in [-0.39, 0.29) is 24.0 Å². The fourth-order valence-electron chi connectivity index (χ4n) is 2.28. The van der Waals surface area contributed by atoms with Crippen LogP contribution in [0.25, 0.3) is 16.8 Å². The van der Waals surface area contributed by atoms with Gasteiger partial charge in [-0.3, -0.25) is 0 Å². The molecule has 0 aliphatic carbocycles. The summed E-state index contributed by atoms with van der Waals surface area (Å²) in [5, 5.41) is 0. The lowest BCUT2D eigenvalue weighted by Gasteiger charge is -2.04. The smallest absolute Gasteiger partial charge is 0.124 e. The second kappa shape index (κ2) is 6.73. The summed E-state index contributed by atoms with van der Waals surface area (Å²) in [6.07, 6.45) is 3.73. The number of benzene rings is 2. The van der Waals surface area contributed by atoms with Crippen LogP contribution in [0.15, 0.2) is 60.9 Å². The fraction of sp³-hybridized carbons (Fsp3) is 0.0588. The van der Waals surface area contributed by atoms with Crippen LogP contribution < -0.4 is 5.73 Å². The van der Waals surface area contributed by atoms with Gasteiger partial charge in [-0.2, -0.15) is 0 Å². The van der Waals surface area contributed by atoms with Gasteiger partial charge in [-0.15, -0.1) is 12.4 Å². The number of nitrogens with two attached hydrogens (primary N) is 1. The first-order valence-electron chi connectivity index (χ1n) is 6.59.